The normalized spacial score (nSPS) is 14.7. The highest BCUT2D eigenvalue weighted by molar-refractivity contribution is 7.18. The van der Waals surface area contributed by atoms with Gasteiger partial charge in [-0.1, -0.05) is 0 Å². The van der Waals surface area contributed by atoms with E-state index in [9.17, 15) is 4.79 Å². The number of ketones is 1. The molecule has 3 aromatic rings. The summed E-state index contributed by atoms with van der Waals surface area (Å²) < 4.78 is 16.4. The number of rotatable bonds is 4. The van der Waals surface area contributed by atoms with Crippen LogP contribution >= 0.6 is 11.3 Å². The van der Waals surface area contributed by atoms with Gasteiger partial charge in [0.05, 0.1) is 5.39 Å². The van der Waals surface area contributed by atoms with Gasteiger partial charge in [-0.2, -0.15) is 0 Å². The molecule has 0 bridgehead atoms. The summed E-state index contributed by atoms with van der Waals surface area (Å²) in [5, 5.41) is 0.971. The molecular weight excluding hydrogens is 340 g/mol. The van der Waals surface area contributed by atoms with Crippen LogP contribution in [0, 0.1) is 0 Å². The van der Waals surface area contributed by atoms with Gasteiger partial charge >= 0.3 is 0 Å². The van der Waals surface area contributed by atoms with Crippen molar-refractivity contribution >= 4 is 27.3 Å². The van der Waals surface area contributed by atoms with Gasteiger partial charge in [0.2, 0.25) is 12.7 Å². The Labute approximate surface area is 147 Å². The number of carbonyl (C=O) groups excluding carboxylic acids is 1. The second kappa shape index (κ2) is 5.70. The molecule has 0 unspecified atom stereocenters. The number of Topliss-reactive ketones (excluding diaryl/α,β-unsaturated/α-hetero) is 1. The first-order valence-corrected chi connectivity index (χ1v) is 8.92. The molecule has 0 amide bonds. The molecule has 0 saturated carbocycles. The highest BCUT2D eigenvalue weighted by atomic mass is 32.1. The number of nitrogens with zero attached hydrogens (tertiary/aromatic N) is 2. The molecule has 0 saturated heterocycles. The molecule has 5 rings (SSSR count). The number of thiophene rings is 1. The molecule has 2 aliphatic rings. The third kappa shape index (κ3) is 2.42. The topological polar surface area (TPSA) is 70.5 Å². The van der Waals surface area contributed by atoms with Crippen LogP contribution in [0.3, 0.4) is 0 Å². The van der Waals surface area contributed by atoms with Gasteiger partial charge in [0.15, 0.2) is 23.9 Å². The Kier molecular flexibility index (Phi) is 3.34. The number of hydrogen-bond donors (Lipinski definition) is 0. The number of hydrogen-bond acceptors (Lipinski definition) is 7. The zero-order valence-corrected chi connectivity index (χ0v) is 14.1. The van der Waals surface area contributed by atoms with Gasteiger partial charge < -0.3 is 14.2 Å². The van der Waals surface area contributed by atoms with Gasteiger partial charge in [-0.25, -0.2) is 9.97 Å². The van der Waals surface area contributed by atoms with E-state index in [4.69, 9.17) is 14.2 Å². The van der Waals surface area contributed by atoms with E-state index in [1.165, 1.54) is 16.8 Å². The maximum Gasteiger partial charge on any atom is 0.231 e. The molecule has 1 aliphatic carbocycles. The molecule has 6 nitrogen and oxygen atoms in total. The van der Waals surface area contributed by atoms with Crippen molar-refractivity contribution < 1.29 is 19.0 Å². The SMILES string of the molecule is O=C(COc1ncnc2sc3c(c12)CCC3)c1ccc2c(c1)OCO2. The summed E-state index contributed by atoms with van der Waals surface area (Å²) in [5.41, 5.74) is 1.82. The molecule has 0 radical (unpaired) electrons. The summed E-state index contributed by atoms with van der Waals surface area (Å²) in [6.45, 7) is 0.113. The fourth-order valence-corrected chi connectivity index (χ4v) is 4.52. The Bertz CT molecular complexity index is 998. The summed E-state index contributed by atoms with van der Waals surface area (Å²) in [5.74, 6) is 1.62. The van der Waals surface area contributed by atoms with Crippen molar-refractivity contribution in [2.45, 2.75) is 19.3 Å². The molecule has 0 N–H and O–H groups in total. The van der Waals surface area contributed by atoms with Crippen molar-refractivity contribution in [2.75, 3.05) is 13.4 Å². The van der Waals surface area contributed by atoms with E-state index in [2.05, 4.69) is 9.97 Å². The lowest BCUT2D eigenvalue weighted by Gasteiger charge is -2.07. The second-order valence-corrected chi connectivity index (χ2v) is 7.08. The van der Waals surface area contributed by atoms with E-state index in [1.54, 1.807) is 29.5 Å². The standard InChI is InChI=1S/C18H14N2O4S/c21-12(10-4-5-13-14(6-10)24-9-23-13)7-22-17-16-11-2-1-3-15(11)25-18(16)20-8-19-17/h4-6,8H,1-3,7,9H2. The predicted molar refractivity (Wildman–Crippen MR) is 91.8 cm³/mol. The number of fused-ring (bicyclic) bond motifs is 4. The summed E-state index contributed by atoms with van der Waals surface area (Å²) in [7, 11) is 0. The van der Waals surface area contributed by atoms with Crippen LogP contribution in [-0.2, 0) is 12.8 Å². The first-order chi connectivity index (χ1) is 12.3. The van der Waals surface area contributed by atoms with Crippen molar-refractivity contribution in [3.05, 3.63) is 40.5 Å². The summed E-state index contributed by atoms with van der Waals surface area (Å²) in [6, 6.07) is 5.15. The summed E-state index contributed by atoms with van der Waals surface area (Å²) in [6.07, 6.45) is 4.76. The summed E-state index contributed by atoms with van der Waals surface area (Å²) in [4.78, 5) is 23.4. The molecular formula is C18H14N2O4S. The molecule has 1 aliphatic heterocycles. The zero-order chi connectivity index (χ0) is 16.8. The van der Waals surface area contributed by atoms with Crippen LogP contribution in [0.2, 0.25) is 0 Å². The van der Waals surface area contributed by atoms with E-state index >= 15 is 0 Å². The maximum atomic E-state index is 12.5. The molecule has 25 heavy (non-hydrogen) atoms. The first-order valence-electron chi connectivity index (χ1n) is 8.10. The lowest BCUT2D eigenvalue weighted by molar-refractivity contribution is 0.0919. The van der Waals surface area contributed by atoms with E-state index < -0.39 is 0 Å². The van der Waals surface area contributed by atoms with E-state index in [-0.39, 0.29) is 19.2 Å². The minimum Gasteiger partial charge on any atom is -0.469 e. The monoisotopic (exact) mass is 354 g/mol. The second-order valence-electron chi connectivity index (χ2n) is 6.00. The maximum absolute atomic E-state index is 12.5. The lowest BCUT2D eigenvalue weighted by Crippen LogP contribution is -2.12. The third-order valence-corrected chi connectivity index (χ3v) is 5.70. The van der Waals surface area contributed by atoms with Crippen molar-refractivity contribution in [3.63, 3.8) is 0 Å². The molecule has 2 aromatic heterocycles. The zero-order valence-electron chi connectivity index (χ0n) is 13.3. The Morgan fingerprint density at radius 3 is 3.08 bits per heavy atom. The van der Waals surface area contributed by atoms with Gasteiger partial charge in [-0.3, -0.25) is 4.79 Å². The number of carbonyl (C=O) groups is 1. The number of aryl methyl sites for hydroxylation is 2. The number of aromatic nitrogens is 2. The smallest absolute Gasteiger partial charge is 0.231 e. The molecule has 1 aromatic carbocycles. The van der Waals surface area contributed by atoms with Gasteiger partial charge in [0.25, 0.3) is 0 Å². The van der Waals surface area contributed by atoms with Crippen molar-refractivity contribution in [3.8, 4) is 17.4 Å². The lowest BCUT2D eigenvalue weighted by atomic mass is 10.1. The third-order valence-electron chi connectivity index (χ3n) is 4.50. The Hall–Kier alpha value is -2.67. The van der Waals surface area contributed by atoms with Gasteiger partial charge in [0.1, 0.15) is 11.2 Å². The van der Waals surface area contributed by atoms with Crippen LogP contribution in [-0.4, -0.2) is 29.2 Å². The Morgan fingerprint density at radius 2 is 2.12 bits per heavy atom. The van der Waals surface area contributed by atoms with Crippen LogP contribution in [0.25, 0.3) is 10.2 Å². The Balaban J connectivity index is 1.39. The molecule has 0 atom stereocenters. The van der Waals surface area contributed by atoms with Gasteiger partial charge in [-0.05, 0) is 43.0 Å². The first kappa shape index (κ1) is 14.7. The van der Waals surface area contributed by atoms with Gasteiger partial charge in [-0.15, -0.1) is 11.3 Å². The largest absolute Gasteiger partial charge is 0.469 e. The predicted octanol–water partition coefficient (Wildman–Crippen LogP) is 3.17. The van der Waals surface area contributed by atoms with E-state index in [1.807, 2.05) is 0 Å². The molecule has 3 heterocycles. The fourth-order valence-electron chi connectivity index (χ4n) is 3.30. The molecule has 0 fully saturated rings. The van der Waals surface area contributed by atoms with Crippen LogP contribution < -0.4 is 14.2 Å². The van der Waals surface area contributed by atoms with Crippen LogP contribution in [0.1, 0.15) is 27.2 Å². The minimum atomic E-state index is -0.128. The molecule has 7 heteroatoms. The summed E-state index contributed by atoms with van der Waals surface area (Å²) >= 11 is 1.70. The number of benzene rings is 1. The highest BCUT2D eigenvalue weighted by Crippen LogP contribution is 2.40. The Morgan fingerprint density at radius 1 is 1.20 bits per heavy atom. The van der Waals surface area contributed by atoms with Crippen LogP contribution in [0.15, 0.2) is 24.5 Å². The van der Waals surface area contributed by atoms with Crippen molar-refractivity contribution in [2.24, 2.45) is 0 Å². The quantitative estimate of drug-likeness (QED) is 0.670. The van der Waals surface area contributed by atoms with Crippen molar-refractivity contribution in [1.29, 1.82) is 0 Å². The number of ether oxygens (including phenoxy) is 3. The van der Waals surface area contributed by atoms with Crippen LogP contribution in [0.5, 0.6) is 17.4 Å². The average Bonchev–Trinajstić information content (AvgIpc) is 3.33. The highest BCUT2D eigenvalue weighted by Gasteiger charge is 2.22. The van der Waals surface area contributed by atoms with Gasteiger partial charge in [0, 0.05) is 10.4 Å². The van der Waals surface area contributed by atoms with Crippen molar-refractivity contribution in [1.82, 2.24) is 9.97 Å². The average molecular weight is 354 g/mol. The molecule has 126 valence electrons. The van der Waals surface area contributed by atoms with Crippen LogP contribution in [0.4, 0.5) is 0 Å². The minimum absolute atomic E-state index is 0.0730. The fraction of sp³-hybridized carbons (Fsp3) is 0.278. The molecule has 0 spiro atoms. The van der Waals surface area contributed by atoms with E-state index in [0.29, 0.717) is 22.9 Å². The van der Waals surface area contributed by atoms with E-state index in [0.717, 1.165) is 29.5 Å².